The van der Waals surface area contributed by atoms with E-state index in [0.717, 1.165) is 17.8 Å². The number of hydrogen-bond donors (Lipinski definition) is 1. The third-order valence-electron chi connectivity index (χ3n) is 3.76. The van der Waals surface area contributed by atoms with Gasteiger partial charge in [-0.25, -0.2) is 0 Å². The highest BCUT2D eigenvalue weighted by Crippen LogP contribution is 2.43. The number of hydrogen-bond acceptors (Lipinski definition) is 2. The molecule has 0 radical (unpaired) electrons. The maximum absolute atomic E-state index is 4.47. The first-order valence-electron chi connectivity index (χ1n) is 5.55. The lowest BCUT2D eigenvalue weighted by Crippen LogP contribution is -2.11. The van der Waals surface area contributed by atoms with E-state index in [1.54, 1.807) is 0 Å². The fourth-order valence-corrected chi connectivity index (χ4v) is 3.03. The Morgan fingerprint density at radius 2 is 1.87 bits per heavy atom. The first-order chi connectivity index (χ1) is 6.93. The summed E-state index contributed by atoms with van der Waals surface area (Å²) in [6.07, 6.45) is 4.60. The zero-order chi connectivity index (χ0) is 9.38. The van der Waals surface area contributed by atoms with Crippen molar-refractivity contribution in [2.75, 3.05) is 13.1 Å². The maximum atomic E-state index is 4.47. The molecule has 2 aliphatic rings. The van der Waals surface area contributed by atoms with Crippen molar-refractivity contribution in [1.29, 1.82) is 0 Å². The van der Waals surface area contributed by atoms with Crippen molar-refractivity contribution in [2.24, 2.45) is 11.8 Å². The van der Waals surface area contributed by atoms with Crippen molar-refractivity contribution >= 4 is 12.4 Å². The molecule has 0 bridgehead atoms. The van der Waals surface area contributed by atoms with E-state index in [9.17, 15) is 0 Å². The Hall–Kier alpha value is -0.600. The number of rotatable bonds is 1. The summed E-state index contributed by atoms with van der Waals surface area (Å²) in [5.74, 6) is 2.57. The van der Waals surface area contributed by atoms with Crippen molar-refractivity contribution < 1.29 is 0 Å². The summed E-state index contributed by atoms with van der Waals surface area (Å²) in [5, 5.41) is 3.48. The molecule has 0 spiro atoms. The summed E-state index contributed by atoms with van der Waals surface area (Å²) in [6, 6.07) is 6.29. The van der Waals surface area contributed by atoms with Gasteiger partial charge < -0.3 is 5.32 Å². The molecule has 1 unspecified atom stereocenters. The summed E-state index contributed by atoms with van der Waals surface area (Å²) in [6.45, 7) is 2.46. The molecule has 1 saturated carbocycles. The molecule has 15 heavy (non-hydrogen) atoms. The predicted molar refractivity (Wildman–Crippen MR) is 63.3 cm³/mol. The summed E-state index contributed by atoms with van der Waals surface area (Å²) in [4.78, 5) is 4.47. The van der Waals surface area contributed by atoms with Crippen LogP contribution in [0.1, 0.15) is 24.5 Å². The van der Waals surface area contributed by atoms with E-state index in [1.807, 2.05) is 12.3 Å². The SMILES string of the molecule is Cl.c1ccc(C2C[C@H]3CNC[C@H]3C2)nc1. The molecule has 1 aliphatic heterocycles. The van der Waals surface area contributed by atoms with Crippen LogP contribution in [0.4, 0.5) is 0 Å². The Labute approximate surface area is 96.9 Å². The molecule has 0 aromatic carbocycles. The van der Waals surface area contributed by atoms with Crippen LogP contribution >= 0.6 is 12.4 Å². The van der Waals surface area contributed by atoms with Crippen LogP contribution in [0, 0.1) is 11.8 Å². The fraction of sp³-hybridized carbons (Fsp3) is 0.583. The molecule has 1 aliphatic carbocycles. The van der Waals surface area contributed by atoms with Crippen LogP contribution in [-0.2, 0) is 0 Å². The Morgan fingerprint density at radius 1 is 1.13 bits per heavy atom. The first-order valence-corrected chi connectivity index (χ1v) is 5.55. The molecule has 2 nitrogen and oxygen atoms in total. The highest BCUT2D eigenvalue weighted by molar-refractivity contribution is 5.85. The molecule has 2 fully saturated rings. The third kappa shape index (κ3) is 2.01. The van der Waals surface area contributed by atoms with Crippen molar-refractivity contribution in [3.63, 3.8) is 0 Å². The van der Waals surface area contributed by atoms with Gasteiger partial charge >= 0.3 is 0 Å². The zero-order valence-corrected chi connectivity index (χ0v) is 9.54. The highest BCUT2D eigenvalue weighted by Gasteiger charge is 2.38. The minimum Gasteiger partial charge on any atom is -0.316 e. The quantitative estimate of drug-likeness (QED) is 0.792. The lowest BCUT2D eigenvalue weighted by atomic mass is 10.0. The normalized spacial score (nSPS) is 33.5. The van der Waals surface area contributed by atoms with E-state index < -0.39 is 0 Å². The van der Waals surface area contributed by atoms with Crippen molar-refractivity contribution in [3.8, 4) is 0 Å². The summed E-state index contributed by atoms with van der Waals surface area (Å²) >= 11 is 0. The van der Waals surface area contributed by atoms with E-state index in [0.29, 0.717) is 0 Å². The van der Waals surface area contributed by atoms with Gasteiger partial charge in [0.15, 0.2) is 0 Å². The summed E-state index contributed by atoms with van der Waals surface area (Å²) in [7, 11) is 0. The Bertz CT molecular complexity index is 303. The number of aromatic nitrogens is 1. The van der Waals surface area contributed by atoms with Gasteiger partial charge in [-0.2, -0.15) is 0 Å². The van der Waals surface area contributed by atoms with E-state index in [-0.39, 0.29) is 12.4 Å². The van der Waals surface area contributed by atoms with Crippen molar-refractivity contribution in [1.82, 2.24) is 10.3 Å². The smallest absolute Gasteiger partial charge is 0.0434 e. The maximum Gasteiger partial charge on any atom is 0.0434 e. The van der Waals surface area contributed by atoms with E-state index in [2.05, 4.69) is 22.4 Å². The standard InChI is InChI=1S/C12H16N2.ClH/c1-2-4-14-12(3-1)9-5-10-7-13-8-11(10)6-9;/h1-4,9-11,13H,5-8H2;1H/t9?,10-,11+;. The van der Waals surface area contributed by atoms with Crippen LogP contribution in [0.2, 0.25) is 0 Å². The van der Waals surface area contributed by atoms with Gasteiger partial charge in [0.05, 0.1) is 0 Å². The molecule has 82 valence electrons. The molecule has 1 aromatic rings. The second-order valence-corrected chi connectivity index (χ2v) is 4.60. The monoisotopic (exact) mass is 224 g/mol. The third-order valence-corrected chi connectivity index (χ3v) is 3.76. The average molecular weight is 225 g/mol. The van der Waals surface area contributed by atoms with Crippen molar-refractivity contribution in [2.45, 2.75) is 18.8 Å². The second kappa shape index (κ2) is 4.50. The number of nitrogens with zero attached hydrogens (tertiary/aromatic N) is 1. The molecule has 3 atom stereocenters. The number of nitrogens with one attached hydrogen (secondary N) is 1. The Morgan fingerprint density at radius 3 is 2.47 bits per heavy atom. The van der Waals surface area contributed by atoms with Crippen LogP contribution in [0.5, 0.6) is 0 Å². The summed E-state index contributed by atoms with van der Waals surface area (Å²) < 4.78 is 0. The predicted octanol–water partition coefficient (Wildman–Crippen LogP) is 2.22. The van der Waals surface area contributed by atoms with Gasteiger partial charge in [0.2, 0.25) is 0 Å². The zero-order valence-electron chi connectivity index (χ0n) is 8.73. The number of halogens is 1. The van der Waals surface area contributed by atoms with Crippen LogP contribution in [0.3, 0.4) is 0 Å². The fourth-order valence-electron chi connectivity index (χ4n) is 3.03. The van der Waals surface area contributed by atoms with Gasteiger partial charge in [-0.15, -0.1) is 12.4 Å². The first kappa shape index (κ1) is 10.9. The molecule has 1 saturated heterocycles. The van der Waals surface area contributed by atoms with Crippen molar-refractivity contribution in [3.05, 3.63) is 30.1 Å². The van der Waals surface area contributed by atoms with E-state index in [4.69, 9.17) is 0 Å². The van der Waals surface area contributed by atoms with Gasteiger partial charge in [0.1, 0.15) is 0 Å². The Balaban J connectivity index is 0.000000853. The highest BCUT2D eigenvalue weighted by atomic mass is 35.5. The minimum atomic E-state index is 0. The average Bonchev–Trinajstić information content (AvgIpc) is 2.78. The summed E-state index contributed by atoms with van der Waals surface area (Å²) in [5.41, 5.74) is 1.31. The van der Waals surface area contributed by atoms with Gasteiger partial charge in [-0.05, 0) is 49.9 Å². The largest absolute Gasteiger partial charge is 0.316 e. The van der Waals surface area contributed by atoms with Gasteiger partial charge in [-0.3, -0.25) is 4.98 Å². The lowest BCUT2D eigenvalue weighted by Gasteiger charge is -2.09. The molecular formula is C12H17ClN2. The molecule has 2 heterocycles. The number of fused-ring (bicyclic) bond motifs is 1. The molecule has 3 rings (SSSR count). The molecule has 1 aromatic heterocycles. The van der Waals surface area contributed by atoms with Gasteiger partial charge in [0.25, 0.3) is 0 Å². The van der Waals surface area contributed by atoms with Gasteiger partial charge in [0, 0.05) is 17.8 Å². The second-order valence-electron chi connectivity index (χ2n) is 4.60. The minimum absolute atomic E-state index is 0. The molecule has 0 amide bonds. The van der Waals surface area contributed by atoms with Crippen LogP contribution in [-0.4, -0.2) is 18.1 Å². The topological polar surface area (TPSA) is 24.9 Å². The van der Waals surface area contributed by atoms with E-state index in [1.165, 1.54) is 31.6 Å². The number of pyridine rings is 1. The van der Waals surface area contributed by atoms with Crippen LogP contribution in [0.25, 0.3) is 0 Å². The van der Waals surface area contributed by atoms with Gasteiger partial charge in [-0.1, -0.05) is 6.07 Å². The Kier molecular flexibility index (Phi) is 3.27. The molecule has 3 heteroatoms. The van der Waals surface area contributed by atoms with Crippen LogP contribution in [0.15, 0.2) is 24.4 Å². The lowest BCUT2D eigenvalue weighted by molar-refractivity contribution is 0.494. The van der Waals surface area contributed by atoms with E-state index >= 15 is 0 Å². The molecule has 1 N–H and O–H groups in total. The van der Waals surface area contributed by atoms with Crippen LogP contribution < -0.4 is 5.32 Å². The molecular weight excluding hydrogens is 208 g/mol.